The molecule has 0 spiro atoms. The number of amides is 1. The monoisotopic (exact) mass is 316 g/mol. The molecule has 0 aromatic carbocycles. The Morgan fingerprint density at radius 3 is 3.00 bits per heavy atom. The lowest BCUT2D eigenvalue weighted by Gasteiger charge is -2.22. The smallest absolute Gasteiger partial charge is 0.410 e. The summed E-state index contributed by atoms with van der Waals surface area (Å²) < 4.78 is 7.23. The number of hydrogen-bond acceptors (Lipinski definition) is 6. The SMILES string of the molecule is Nc1ncnc2c1ncn2CCCCOC(=O)N1CC=CCC1. The van der Waals surface area contributed by atoms with E-state index in [-0.39, 0.29) is 6.09 Å². The van der Waals surface area contributed by atoms with Crippen molar-refractivity contribution in [2.75, 3.05) is 25.4 Å². The molecular weight excluding hydrogens is 296 g/mol. The van der Waals surface area contributed by atoms with E-state index in [2.05, 4.69) is 21.0 Å². The zero-order valence-electron chi connectivity index (χ0n) is 12.9. The molecule has 0 saturated heterocycles. The van der Waals surface area contributed by atoms with Crippen molar-refractivity contribution in [3.05, 3.63) is 24.8 Å². The predicted molar refractivity (Wildman–Crippen MR) is 85.6 cm³/mol. The summed E-state index contributed by atoms with van der Waals surface area (Å²) in [5.74, 6) is 0.387. The normalized spacial score (nSPS) is 14.3. The van der Waals surface area contributed by atoms with Crippen LogP contribution in [0.4, 0.5) is 10.6 Å². The first kappa shape index (κ1) is 15.3. The second-order valence-electron chi connectivity index (χ2n) is 5.40. The van der Waals surface area contributed by atoms with Crippen molar-refractivity contribution >= 4 is 23.1 Å². The molecule has 1 aliphatic heterocycles. The van der Waals surface area contributed by atoms with Gasteiger partial charge in [0.1, 0.15) is 11.8 Å². The maximum atomic E-state index is 11.8. The number of nitrogens with two attached hydrogens (primary N) is 1. The Hall–Kier alpha value is -2.64. The predicted octanol–water partition coefficient (Wildman–Crippen LogP) is 1.59. The quantitative estimate of drug-likeness (QED) is 0.664. The fourth-order valence-electron chi connectivity index (χ4n) is 2.50. The van der Waals surface area contributed by atoms with Crippen LogP contribution < -0.4 is 5.73 Å². The van der Waals surface area contributed by atoms with Gasteiger partial charge in [-0.25, -0.2) is 19.7 Å². The fourth-order valence-corrected chi connectivity index (χ4v) is 2.50. The highest BCUT2D eigenvalue weighted by Crippen LogP contribution is 2.14. The molecule has 8 nitrogen and oxygen atoms in total. The van der Waals surface area contributed by atoms with Gasteiger partial charge < -0.3 is 19.9 Å². The van der Waals surface area contributed by atoms with Crippen LogP contribution >= 0.6 is 0 Å². The number of unbranched alkanes of at least 4 members (excludes halogenated alkanes) is 1. The van der Waals surface area contributed by atoms with Crippen LogP contribution in [0, 0.1) is 0 Å². The highest BCUT2D eigenvalue weighted by Gasteiger charge is 2.14. The van der Waals surface area contributed by atoms with Crippen molar-refractivity contribution in [3.8, 4) is 0 Å². The van der Waals surface area contributed by atoms with Crippen LogP contribution in [-0.2, 0) is 11.3 Å². The van der Waals surface area contributed by atoms with Crippen molar-refractivity contribution < 1.29 is 9.53 Å². The van der Waals surface area contributed by atoms with Crippen molar-refractivity contribution in [3.63, 3.8) is 0 Å². The number of imidazole rings is 1. The summed E-state index contributed by atoms with van der Waals surface area (Å²) in [5, 5.41) is 0. The molecule has 0 aliphatic carbocycles. The Morgan fingerprint density at radius 1 is 1.26 bits per heavy atom. The summed E-state index contributed by atoms with van der Waals surface area (Å²) in [6.07, 6.45) is 9.53. The van der Waals surface area contributed by atoms with Crippen molar-refractivity contribution in [1.82, 2.24) is 24.4 Å². The van der Waals surface area contributed by atoms with E-state index in [0.29, 0.717) is 24.5 Å². The number of aryl methyl sites for hydroxylation is 1. The van der Waals surface area contributed by atoms with Crippen molar-refractivity contribution in [2.24, 2.45) is 0 Å². The maximum absolute atomic E-state index is 11.8. The summed E-state index contributed by atoms with van der Waals surface area (Å²) in [7, 11) is 0. The molecule has 23 heavy (non-hydrogen) atoms. The lowest BCUT2D eigenvalue weighted by Crippen LogP contribution is -2.34. The molecular formula is C15H20N6O2. The Balaban J connectivity index is 1.42. The van der Waals surface area contributed by atoms with Gasteiger partial charge in [-0.2, -0.15) is 0 Å². The molecule has 1 amide bonds. The van der Waals surface area contributed by atoms with E-state index in [9.17, 15) is 4.79 Å². The second kappa shape index (κ2) is 7.08. The van der Waals surface area contributed by atoms with Crippen LogP contribution in [-0.4, -0.2) is 50.2 Å². The van der Waals surface area contributed by atoms with Crippen LogP contribution in [0.5, 0.6) is 0 Å². The van der Waals surface area contributed by atoms with Gasteiger partial charge in [0.25, 0.3) is 0 Å². The minimum atomic E-state index is -0.233. The molecule has 2 aromatic heterocycles. The van der Waals surface area contributed by atoms with Gasteiger partial charge in [-0.15, -0.1) is 0 Å². The zero-order valence-corrected chi connectivity index (χ0v) is 12.9. The van der Waals surface area contributed by atoms with Crippen molar-refractivity contribution in [1.29, 1.82) is 0 Å². The number of nitrogens with zero attached hydrogens (tertiary/aromatic N) is 5. The molecule has 0 unspecified atom stereocenters. The van der Waals surface area contributed by atoms with Gasteiger partial charge >= 0.3 is 6.09 Å². The molecule has 2 aromatic rings. The van der Waals surface area contributed by atoms with Gasteiger partial charge in [0, 0.05) is 19.6 Å². The number of nitrogen functional groups attached to an aromatic ring is 1. The fraction of sp³-hybridized carbons (Fsp3) is 0.467. The summed E-state index contributed by atoms with van der Waals surface area (Å²) in [5.41, 5.74) is 7.11. The van der Waals surface area contributed by atoms with Crippen LogP contribution in [0.2, 0.25) is 0 Å². The van der Waals surface area contributed by atoms with E-state index in [1.54, 1.807) is 11.2 Å². The zero-order chi connectivity index (χ0) is 16.1. The first-order valence-corrected chi connectivity index (χ1v) is 7.73. The molecule has 0 saturated carbocycles. The third kappa shape index (κ3) is 3.58. The molecule has 122 valence electrons. The Kier molecular flexibility index (Phi) is 4.70. The topological polar surface area (TPSA) is 99.2 Å². The summed E-state index contributed by atoms with van der Waals surface area (Å²) >= 11 is 0. The van der Waals surface area contributed by atoms with E-state index in [1.165, 1.54) is 6.33 Å². The number of anilines is 1. The van der Waals surface area contributed by atoms with Crippen LogP contribution in [0.15, 0.2) is 24.8 Å². The van der Waals surface area contributed by atoms with E-state index in [0.717, 1.165) is 38.0 Å². The average Bonchev–Trinajstić information content (AvgIpc) is 3.00. The van der Waals surface area contributed by atoms with Gasteiger partial charge in [0.15, 0.2) is 11.5 Å². The molecule has 2 N–H and O–H groups in total. The molecule has 0 radical (unpaired) electrons. The minimum Gasteiger partial charge on any atom is -0.449 e. The molecule has 0 fully saturated rings. The second-order valence-corrected chi connectivity index (χ2v) is 5.40. The van der Waals surface area contributed by atoms with E-state index in [1.807, 2.05) is 10.6 Å². The first-order valence-electron chi connectivity index (χ1n) is 7.73. The molecule has 0 atom stereocenters. The molecule has 3 rings (SSSR count). The lowest BCUT2D eigenvalue weighted by molar-refractivity contribution is 0.104. The summed E-state index contributed by atoms with van der Waals surface area (Å²) in [6.45, 7) is 2.54. The lowest BCUT2D eigenvalue weighted by atomic mass is 10.3. The third-order valence-corrected chi connectivity index (χ3v) is 3.76. The number of rotatable bonds is 5. The van der Waals surface area contributed by atoms with Gasteiger partial charge in [0.2, 0.25) is 0 Å². The molecule has 3 heterocycles. The molecule has 0 bridgehead atoms. The largest absolute Gasteiger partial charge is 0.449 e. The summed E-state index contributed by atoms with van der Waals surface area (Å²) in [4.78, 5) is 25.9. The van der Waals surface area contributed by atoms with Gasteiger partial charge in [0.05, 0.1) is 12.9 Å². The minimum absolute atomic E-state index is 0.233. The highest BCUT2D eigenvalue weighted by atomic mass is 16.6. The number of carbonyl (C=O) groups is 1. The van der Waals surface area contributed by atoms with Crippen LogP contribution in [0.1, 0.15) is 19.3 Å². The summed E-state index contributed by atoms with van der Waals surface area (Å²) in [6, 6.07) is 0. The maximum Gasteiger partial charge on any atom is 0.410 e. The van der Waals surface area contributed by atoms with E-state index >= 15 is 0 Å². The van der Waals surface area contributed by atoms with Gasteiger partial charge in [-0.1, -0.05) is 12.2 Å². The average molecular weight is 316 g/mol. The van der Waals surface area contributed by atoms with E-state index in [4.69, 9.17) is 10.5 Å². The Morgan fingerprint density at radius 2 is 2.17 bits per heavy atom. The van der Waals surface area contributed by atoms with Crippen LogP contribution in [0.25, 0.3) is 11.2 Å². The Bertz CT molecular complexity index is 711. The van der Waals surface area contributed by atoms with Crippen molar-refractivity contribution in [2.45, 2.75) is 25.8 Å². The standard InChI is InChI=1S/C15H20N6O2/c16-13-12-14(18-10-17-13)21(11-19-12)8-4-5-9-23-15(22)20-6-2-1-3-7-20/h1-2,10-11H,3-9H2,(H2,16,17,18). The number of carbonyl (C=O) groups excluding carboxylic acids is 1. The number of hydrogen-bond donors (Lipinski definition) is 1. The third-order valence-electron chi connectivity index (χ3n) is 3.76. The highest BCUT2D eigenvalue weighted by molar-refractivity contribution is 5.81. The first-order chi connectivity index (χ1) is 11.3. The van der Waals surface area contributed by atoms with Crippen LogP contribution in [0.3, 0.4) is 0 Å². The Labute approximate surface area is 134 Å². The molecule has 1 aliphatic rings. The number of ether oxygens (including phenoxy) is 1. The van der Waals surface area contributed by atoms with Gasteiger partial charge in [-0.3, -0.25) is 0 Å². The van der Waals surface area contributed by atoms with Gasteiger partial charge in [-0.05, 0) is 19.3 Å². The number of fused-ring (bicyclic) bond motifs is 1. The van der Waals surface area contributed by atoms with E-state index < -0.39 is 0 Å². The number of aromatic nitrogens is 4. The molecule has 8 heteroatoms.